The van der Waals surface area contributed by atoms with Gasteiger partial charge in [-0.05, 0) is 12.1 Å². The highest BCUT2D eigenvalue weighted by atomic mass is 16.4. The summed E-state index contributed by atoms with van der Waals surface area (Å²) >= 11 is 0. The Balaban J connectivity index is 1.86. The zero-order chi connectivity index (χ0) is 15.3. The lowest BCUT2D eigenvalue weighted by Gasteiger charge is -1.98. The van der Waals surface area contributed by atoms with Crippen LogP contribution in [0.2, 0.25) is 0 Å². The van der Waals surface area contributed by atoms with Crippen molar-refractivity contribution in [1.29, 1.82) is 0 Å². The number of hydrogen-bond donors (Lipinski definition) is 1. The predicted molar refractivity (Wildman–Crippen MR) is 79.7 cm³/mol. The van der Waals surface area contributed by atoms with E-state index in [-0.39, 0.29) is 5.56 Å². The maximum atomic E-state index is 11.0. The molecular weight excluding hydrogens is 282 g/mol. The molecule has 0 spiro atoms. The molecule has 3 heterocycles. The number of rotatable bonds is 2. The maximum Gasteiger partial charge on any atom is 0.338 e. The molecule has 1 N–H and O–H groups in total. The number of fused-ring (bicyclic) bond motifs is 2. The molecule has 0 aliphatic rings. The quantitative estimate of drug-likeness (QED) is 0.611. The molecule has 0 fully saturated rings. The summed E-state index contributed by atoms with van der Waals surface area (Å²) < 4.78 is 3.42. The minimum absolute atomic E-state index is 0.0994. The van der Waals surface area contributed by atoms with Crippen molar-refractivity contribution in [3.8, 4) is 11.3 Å². The molecule has 4 aromatic rings. The predicted octanol–water partition coefficient (Wildman–Crippen LogP) is 1.98. The number of benzene rings is 1. The van der Waals surface area contributed by atoms with E-state index in [0.29, 0.717) is 5.65 Å². The van der Waals surface area contributed by atoms with Crippen LogP contribution in [0.3, 0.4) is 0 Å². The number of aryl methyl sites for hydroxylation is 1. The topological polar surface area (TPSA) is 85.3 Å². The minimum atomic E-state index is -1.03. The van der Waals surface area contributed by atoms with E-state index in [9.17, 15) is 4.79 Å². The van der Waals surface area contributed by atoms with Crippen molar-refractivity contribution in [3.05, 3.63) is 48.5 Å². The van der Waals surface area contributed by atoms with Gasteiger partial charge in [0.1, 0.15) is 0 Å². The van der Waals surface area contributed by atoms with E-state index in [0.717, 1.165) is 22.3 Å². The smallest absolute Gasteiger partial charge is 0.338 e. The molecule has 0 saturated heterocycles. The van der Waals surface area contributed by atoms with Gasteiger partial charge in [0.15, 0.2) is 5.65 Å². The Morgan fingerprint density at radius 1 is 1.23 bits per heavy atom. The molecule has 1 aromatic carbocycles. The third-order valence-corrected chi connectivity index (χ3v) is 3.58. The molecule has 0 aliphatic carbocycles. The lowest BCUT2D eigenvalue weighted by Crippen LogP contribution is -2.00. The molecule has 0 radical (unpaired) electrons. The molecule has 0 amide bonds. The number of carboxylic acid groups (broad SMARTS) is 1. The van der Waals surface area contributed by atoms with Crippen LogP contribution in [0.15, 0.2) is 43.0 Å². The molecule has 0 aliphatic heterocycles. The van der Waals surface area contributed by atoms with Gasteiger partial charge < -0.3 is 9.67 Å². The molecule has 108 valence electrons. The van der Waals surface area contributed by atoms with E-state index in [2.05, 4.69) is 15.1 Å². The van der Waals surface area contributed by atoms with Gasteiger partial charge in [-0.3, -0.25) is 0 Å². The Morgan fingerprint density at radius 3 is 2.91 bits per heavy atom. The normalized spacial score (nSPS) is 11.3. The highest BCUT2D eigenvalue weighted by molar-refractivity contribution is 5.87. The van der Waals surface area contributed by atoms with E-state index in [1.165, 1.54) is 16.9 Å². The second-order valence-corrected chi connectivity index (χ2v) is 5.04. The van der Waals surface area contributed by atoms with E-state index in [4.69, 9.17) is 5.11 Å². The van der Waals surface area contributed by atoms with Crippen molar-refractivity contribution in [3.63, 3.8) is 0 Å². The Kier molecular flexibility index (Phi) is 2.50. The van der Waals surface area contributed by atoms with Crippen LogP contribution in [0.25, 0.3) is 27.9 Å². The zero-order valence-electron chi connectivity index (χ0n) is 11.6. The van der Waals surface area contributed by atoms with E-state index >= 15 is 0 Å². The average Bonchev–Trinajstić information content (AvgIpc) is 3.10. The highest BCUT2D eigenvalue weighted by Gasteiger charge is 2.10. The summed E-state index contributed by atoms with van der Waals surface area (Å²) in [6, 6.07) is 7.71. The van der Waals surface area contributed by atoms with E-state index in [1.54, 1.807) is 6.33 Å². The first kappa shape index (κ1) is 12.5. The monoisotopic (exact) mass is 293 g/mol. The lowest BCUT2D eigenvalue weighted by atomic mass is 10.1. The maximum absolute atomic E-state index is 11.0. The van der Waals surface area contributed by atoms with Crippen LogP contribution >= 0.6 is 0 Å². The Hall–Kier alpha value is -3.22. The van der Waals surface area contributed by atoms with Gasteiger partial charge in [-0.2, -0.15) is 5.10 Å². The number of nitrogens with zero attached hydrogens (tertiary/aromatic N) is 5. The van der Waals surface area contributed by atoms with Gasteiger partial charge in [0.2, 0.25) is 0 Å². The van der Waals surface area contributed by atoms with Crippen molar-refractivity contribution in [2.24, 2.45) is 7.05 Å². The summed E-state index contributed by atoms with van der Waals surface area (Å²) in [6.45, 7) is 0. The number of aromatic carboxylic acids is 1. The molecule has 4 rings (SSSR count). The molecule has 7 heteroatoms. The minimum Gasteiger partial charge on any atom is -0.478 e. The summed E-state index contributed by atoms with van der Waals surface area (Å²) in [7, 11) is 1.94. The van der Waals surface area contributed by atoms with Crippen LogP contribution < -0.4 is 0 Å². The second-order valence-electron chi connectivity index (χ2n) is 5.04. The van der Waals surface area contributed by atoms with Crippen LogP contribution in [0.4, 0.5) is 0 Å². The van der Waals surface area contributed by atoms with Gasteiger partial charge in [0.25, 0.3) is 0 Å². The molecule has 0 saturated carbocycles. The summed E-state index contributed by atoms with van der Waals surface area (Å²) in [6.07, 6.45) is 4.54. The van der Waals surface area contributed by atoms with Gasteiger partial charge in [0.05, 0.1) is 28.6 Å². The summed E-state index contributed by atoms with van der Waals surface area (Å²) in [5.41, 5.74) is 4.26. The second kappa shape index (κ2) is 4.39. The van der Waals surface area contributed by atoms with E-state index in [1.807, 2.05) is 35.9 Å². The number of aromatic nitrogens is 5. The fourth-order valence-electron chi connectivity index (χ4n) is 2.42. The Morgan fingerprint density at radius 2 is 2.09 bits per heavy atom. The van der Waals surface area contributed by atoms with Crippen LogP contribution in [0, 0.1) is 0 Å². The van der Waals surface area contributed by atoms with Gasteiger partial charge in [0, 0.05) is 31.1 Å². The van der Waals surface area contributed by atoms with Crippen LogP contribution in [0.1, 0.15) is 10.4 Å². The average molecular weight is 293 g/mol. The first-order chi connectivity index (χ1) is 10.6. The summed E-state index contributed by atoms with van der Waals surface area (Å²) in [5, 5.41) is 13.4. The number of carbonyl (C=O) groups is 1. The Bertz CT molecular complexity index is 1030. The lowest BCUT2D eigenvalue weighted by molar-refractivity contribution is 0.0695. The van der Waals surface area contributed by atoms with Crippen molar-refractivity contribution >= 4 is 22.6 Å². The molecule has 0 atom stereocenters. The van der Waals surface area contributed by atoms with Crippen molar-refractivity contribution in [2.75, 3.05) is 0 Å². The van der Waals surface area contributed by atoms with Crippen LogP contribution in [-0.4, -0.2) is 35.2 Å². The molecular formula is C15H11N5O2. The van der Waals surface area contributed by atoms with Gasteiger partial charge >= 0.3 is 5.97 Å². The highest BCUT2D eigenvalue weighted by Crippen LogP contribution is 2.23. The van der Waals surface area contributed by atoms with Crippen LogP contribution in [0.5, 0.6) is 0 Å². The van der Waals surface area contributed by atoms with Crippen molar-refractivity contribution in [2.45, 2.75) is 0 Å². The molecule has 0 unspecified atom stereocenters. The fourth-order valence-corrected chi connectivity index (χ4v) is 2.42. The first-order valence-electron chi connectivity index (χ1n) is 6.62. The van der Waals surface area contributed by atoms with Gasteiger partial charge in [-0.15, -0.1) is 0 Å². The number of hydrogen-bond acceptors (Lipinski definition) is 4. The third kappa shape index (κ3) is 1.83. The number of carboxylic acids is 1. The zero-order valence-corrected chi connectivity index (χ0v) is 11.6. The molecule has 0 bridgehead atoms. The molecule has 7 nitrogen and oxygen atoms in total. The SMILES string of the molecule is Cn1cnc2cc(-c3cc4ncc(C(=O)O)cn4n3)ccc21. The van der Waals surface area contributed by atoms with Crippen molar-refractivity contribution in [1.82, 2.24) is 24.1 Å². The van der Waals surface area contributed by atoms with Gasteiger partial charge in [-0.25, -0.2) is 19.3 Å². The Labute approximate surface area is 124 Å². The summed E-state index contributed by atoms with van der Waals surface area (Å²) in [4.78, 5) is 19.4. The molecule has 3 aromatic heterocycles. The number of imidazole rings is 1. The molecule has 22 heavy (non-hydrogen) atoms. The van der Waals surface area contributed by atoms with Gasteiger partial charge in [-0.1, -0.05) is 6.07 Å². The van der Waals surface area contributed by atoms with Crippen molar-refractivity contribution < 1.29 is 9.90 Å². The van der Waals surface area contributed by atoms with Crippen LogP contribution in [-0.2, 0) is 7.05 Å². The third-order valence-electron chi connectivity index (χ3n) is 3.58. The first-order valence-corrected chi connectivity index (χ1v) is 6.62. The van der Waals surface area contributed by atoms with E-state index < -0.39 is 5.97 Å². The standard InChI is InChI=1S/C15H11N5O2/c1-19-8-17-12-4-9(2-3-13(12)19)11-5-14-16-6-10(15(21)22)7-20(14)18-11/h2-8H,1H3,(H,21,22). The largest absolute Gasteiger partial charge is 0.478 e. The summed E-state index contributed by atoms with van der Waals surface area (Å²) in [5.74, 6) is -1.03. The fraction of sp³-hybridized carbons (Fsp3) is 0.0667.